The summed E-state index contributed by atoms with van der Waals surface area (Å²) >= 11 is 0. The monoisotopic (exact) mass is 238 g/mol. The van der Waals surface area contributed by atoms with Gasteiger partial charge in [-0.05, 0) is 12.8 Å². The summed E-state index contributed by atoms with van der Waals surface area (Å²) in [6, 6.07) is 1.12. The van der Waals surface area contributed by atoms with Crippen molar-refractivity contribution in [3.8, 4) is 6.07 Å². The Morgan fingerprint density at radius 3 is 2.76 bits per heavy atom. The fourth-order valence-corrected chi connectivity index (χ4v) is 1.77. The highest BCUT2D eigenvalue weighted by atomic mass is 16.2. The average Bonchev–Trinajstić information content (AvgIpc) is 2.82. The maximum Gasteiger partial charge on any atom is 0.312 e. The lowest BCUT2D eigenvalue weighted by molar-refractivity contribution is -0.148. The van der Waals surface area contributed by atoms with Gasteiger partial charge in [-0.25, -0.2) is 0 Å². The van der Waals surface area contributed by atoms with Crippen LogP contribution in [0.5, 0.6) is 0 Å². The summed E-state index contributed by atoms with van der Waals surface area (Å²) in [5, 5.41) is 12.9. The Hall–Kier alpha value is -2.10. The molecule has 1 aliphatic rings. The number of hydrogen-bond acceptors (Lipinski definition) is 4. The van der Waals surface area contributed by atoms with Gasteiger partial charge < -0.3 is 15.5 Å². The molecule has 0 aromatic rings. The molecule has 0 bridgehead atoms. The summed E-state index contributed by atoms with van der Waals surface area (Å²) in [5.41, 5.74) is 0. The fourth-order valence-electron chi connectivity index (χ4n) is 1.77. The van der Waals surface area contributed by atoms with Crippen molar-refractivity contribution in [2.45, 2.75) is 18.9 Å². The normalized spacial score (nSPS) is 18.4. The quantitative estimate of drug-likeness (QED) is 0.445. The molecule has 0 aromatic carbocycles. The van der Waals surface area contributed by atoms with Crippen molar-refractivity contribution in [1.29, 1.82) is 5.26 Å². The first kappa shape index (κ1) is 13.0. The first-order valence-corrected chi connectivity index (χ1v) is 5.29. The number of hydrogen-bond donors (Lipinski definition) is 2. The molecule has 1 fully saturated rings. The van der Waals surface area contributed by atoms with Crippen molar-refractivity contribution in [3.63, 3.8) is 0 Å². The van der Waals surface area contributed by atoms with Crippen LogP contribution in [0, 0.1) is 11.3 Å². The van der Waals surface area contributed by atoms with Crippen LogP contribution in [0.1, 0.15) is 12.8 Å². The Bertz CT molecular complexity index is 374. The molecule has 0 spiro atoms. The Kier molecular flexibility index (Phi) is 4.46. The van der Waals surface area contributed by atoms with Gasteiger partial charge in [-0.15, -0.1) is 0 Å². The maximum atomic E-state index is 11.7. The zero-order valence-corrected chi connectivity index (χ0v) is 9.52. The third-order valence-electron chi connectivity index (χ3n) is 2.58. The van der Waals surface area contributed by atoms with Gasteiger partial charge in [0.05, 0.1) is 6.07 Å². The fraction of sp³-hybridized carbons (Fsp3) is 0.600. The highest BCUT2D eigenvalue weighted by Gasteiger charge is 2.36. The molecule has 0 saturated carbocycles. The maximum absolute atomic E-state index is 11.7. The minimum atomic E-state index is -0.845. The van der Waals surface area contributed by atoms with E-state index in [0.29, 0.717) is 19.4 Å². The number of nitriles is 1. The molecule has 1 heterocycles. The second-order valence-corrected chi connectivity index (χ2v) is 3.61. The molecular weight excluding hydrogens is 224 g/mol. The summed E-state index contributed by atoms with van der Waals surface area (Å²) in [6.07, 6.45) is 1.24. The van der Waals surface area contributed by atoms with Gasteiger partial charge in [0.2, 0.25) is 5.91 Å². The van der Waals surface area contributed by atoms with Gasteiger partial charge in [0.1, 0.15) is 12.6 Å². The second kappa shape index (κ2) is 5.84. The molecule has 0 radical (unpaired) electrons. The number of amides is 3. The lowest BCUT2D eigenvalue weighted by atomic mass is 10.2. The predicted octanol–water partition coefficient (Wildman–Crippen LogP) is -1.64. The van der Waals surface area contributed by atoms with Crippen LogP contribution in [0.2, 0.25) is 0 Å². The summed E-state index contributed by atoms with van der Waals surface area (Å²) in [7, 11) is 1.49. The molecule has 1 rings (SSSR count). The van der Waals surface area contributed by atoms with E-state index < -0.39 is 17.9 Å². The molecule has 1 aliphatic heterocycles. The third-order valence-corrected chi connectivity index (χ3v) is 2.58. The Morgan fingerprint density at radius 1 is 1.47 bits per heavy atom. The van der Waals surface area contributed by atoms with Crippen LogP contribution in [0.25, 0.3) is 0 Å². The van der Waals surface area contributed by atoms with Crippen LogP contribution in [0.4, 0.5) is 0 Å². The lowest BCUT2D eigenvalue weighted by Gasteiger charge is -2.22. The van der Waals surface area contributed by atoms with E-state index in [9.17, 15) is 14.4 Å². The molecule has 7 nitrogen and oxygen atoms in total. The number of carbonyl (C=O) groups is 3. The van der Waals surface area contributed by atoms with E-state index in [1.54, 1.807) is 6.07 Å². The molecule has 0 aliphatic carbocycles. The molecule has 7 heteroatoms. The topological polar surface area (TPSA) is 102 Å². The number of likely N-dealkylation sites (tertiary alicyclic amines) is 1. The number of rotatable bonds is 2. The van der Waals surface area contributed by atoms with Crippen molar-refractivity contribution >= 4 is 17.7 Å². The summed E-state index contributed by atoms with van der Waals surface area (Å²) in [6.45, 7) is 0.167. The average molecular weight is 238 g/mol. The Morgan fingerprint density at radius 2 is 2.18 bits per heavy atom. The summed E-state index contributed by atoms with van der Waals surface area (Å²) in [5.74, 6) is -1.88. The zero-order chi connectivity index (χ0) is 12.8. The van der Waals surface area contributed by atoms with Crippen molar-refractivity contribution in [1.82, 2.24) is 15.5 Å². The molecule has 0 aromatic heterocycles. The van der Waals surface area contributed by atoms with E-state index in [-0.39, 0.29) is 12.5 Å². The minimum Gasteiger partial charge on any atom is -0.357 e. The molecule has 92 valence electrons. The van der Waals surface area contributed by atoms with E-state index in [0.717, 1.165) is 0 Å². The SMILES string of the molecule is CNC(=O)C1CCCN1C(=O)C(=O)NCC#N. The van der Waals surface area contributed by atoms with Crippen molar-refractivity contribution in [2.75, 3.05) is 20.1 Å². The van der Waals surface area contributed by atoms with Gasteiger partial charge in [-0.3, -0.25) is 14.4 Å². The van der Waals surface area contributed by atoms with Crippen LogP contribution in [0.15, 0.2) is 0 Å². The largest absolute Gasteiger partial charge is 0.357 e. The second-order valence-electron chi connectivity index (χ2n) is 3.61. The van der Waals surface area contributed by atoms with Crippen LogP contribution >= 0.6 is 0 Å². The summed E-state index contributed by atoms with van der Waals surface area (Å²) < 4.78 is 0. The highest BCUT2D eigenvalue weighted by Crippen LogP contribution is 2.17. The van der Waals surface area contributed by atoms with Crippen LogP contribution < -0.4 is 10.6 Å². The van der Waals surface area contributed by atoms with Gasteiger partial charge in [0.15, 0.2) is 0 Å². The smallest absolute Gasteiger partial charge is 0.312 e. The Balaban J connectivity index is 2.65. The van der Waals surface area contributed by atoms with E-state index >= 15 is 0 Å². The third kappa shape index (κ3) is 2.93. The van der Waals surface area contributed by atoms with Gasteiger partial charge in [-0.2, -0.15) is 5.26 Å². The Labute approximate surface area is 98.8 Å². The van der Waals surface area contributed by atoms with Gasteiger partial charge in [0.25, 0.3) is 0 Å². The van der Waals surface area contributed by atoms with Crippen molar-refractivity contribution in [3.05, 3.63) is 0 Å². The summed E-state index contributed by atoms with van der Waals surface area (Å²) in [4.78, 5) is 35.8. The molecule has 1 unspecified atom stereocenters. The molecule has 3 amide bonds. The number of carbonyl (C=O) groups excluding carboxylic acids is 3. The van der Waals surface area contributed by atoms with Crippen LogP contribution in [-0.2, 0) is 14.4 Å². The molecule has 1 saturated heterocycles. The standard InChI is InChI=1S/C10H14N4O3/c1-12-8(15)7-3-2-6-14(7)10(17)9(16)13-5-4-11/h7H,2-3,5-6H2,1H3,(H,12,15)(H,13,16). The first-order chi connectivity index (χ1) is 8.11. The number of likely N-dealkylation sites (N-methyl/N-ethyl adjacent to an activating group) is 1. The number of nitrogens with zero attached hydrogens (tertiary/aromatic N) is 2. The van der Waals surface area contributed by atoms with E-state index in [1.807, 2.05) is 0 Å². The van der Waals surface area contributed by atoms with Crippen molar-refractivity contribution < 1.29 is 14.4 Å². The number of nitrogens with one attached hydrogen (secondary N) is 2. The highest BCUT2D eigenvalue weighted by molar-refractivity contribution is 6.35. The zero-order valence-electron chi connectivity index (χ0n) is 9.52. The predicted molar refractivity (Wildman–Crippen MR) is 57.4 cm³/mol. The van der Waals surface area contributed by atoms with E-state index in [1.165, 1.54) is 11.9 Å². The molecular formula is C10H14N4O3. The van der Waals surface area contributed by atoms with E-state index in [2.05, 4.69) is 10.6 Å². The van der Waals surface area contributed by atoms with Crippen LogP contribution in [-0.4, -0.2) is 48.8 Å². The molecule has 1 atom stereocenters. The van der Waals surface area contributed by atoms with E-state index in [4.69, 9.17) is 5.26 Å². The molecule has 2 N–H and O–H groups in total. The minimum absolute atomic E-state index is 0.219. The van der Waals surface area contributed by atoms with Gasteiger partial charge in [0, 0.05) is 13.6 Å². The van der Waals surface area contributed by atoms with Gasteiger partial charge in [-0.1, -0.05) is 0 Å². The molecule has 17 heavy (non-hydrogen) atoms. The van der Waals surface area contributed by atoms with Gasteiger partial charge >= 0.3 is 11.8 Å². The lowest BCUT2D eigenvalue weighted by Crippen LogP contribution is -2.50. The first-order valence-electron chi connectivity index (χ1n) is 5.29. The van der Waals surface area contributed by atoms with Crippen molar-refractivity contribution in [2.24, 2.45) is 0 Å². The van der Waals surface area contributed by atoms with Crippen LogP contribution in [0.3, 0.4) is 0 Å².